The van der Waals surface area contributed by atoms with E-state index < -0.39 is 0 Å². The Labute approximate surface area is 133 Å². The van der Waals surface area contributed by atoms with Crippen molar-refractivity contribution in [1.29, 1.82) is 0 Å². The van der Waals surface area contributed by atoms with Crippen LogP contribution in [-0.2, 0) is 13.1 Å². The van der Waals surface area contributed by atoms with Crippen LogP contribution in [0.1, 0.15) is 23.1 Å². The number of carbonyl (C=O) groups excluding carboxylic acids is 1. The standard InChI is InChI=1S/C15H17N7O/c1-3-22-13(19-9-21-22)7-17-15(23)10-4-5-11-12(6-10)18-8-20-14(11)16-2/h4-6,8-9H,3,7H2,1-2H3,(H,17,23)(H,16,18,20). The summed E-state index contributed by atoms with van der Waals surface area (Å²) in [6.07, 6.45) is 2.96. The molecule has 0 unspecified atom stereocenters. The van der Waals surface area contributed by atoms with E-state index in [4.69, 9.17) is 0 Å². The molecule has 0 aliphatic heterocycles. The largest absolute Gasteiger partial charge is 0.373 e. The van der Waals surface area contributed by atoms with Crippen molar-refractivity contribution in [2.45, 2.75) is 20.0 Å². The second kappa shape index (κ2) is 6.39. The Kier molecular flexibility index (Phi) is 4.13. The Morgan fingerprint density at radius 1 is 1.22 bits per heavy atom. The van der Waals surface area contributed by atoms with Crippen molar-refractivity contribution in [3.63, 3.8) is 0 Å². The molecule has 0 bridgehead atoms. The second-order valence-corrected chi connectivity index (χ2v) is 4.88. The van der Waals surface area contributed by atoms with E-state index in [1.807, 2.05) is 13.0 Å². The molecule has 0 aliphatic carbocycles. The Morgan fingerprint density at radius 3 is 2.87 bits per heavy atom. The highest BCUT2D eigenvalue weighted by Crippen LogP contribution is 2.19. The third kappa shape index (κ3) is 2.96. The average molecular weight is 311 g/mol. The molecular weight excluding hydrogens is 294 g/mol. The molecule has 3 rings (SSSR count). The number of hydrogen-bond acceptors (Lipinski definition) is 6. The van der Waals surface area contributed by atoms with Gasteiger partial charge in [-0.05, 0) is 25.1 Å². The van der Waals surface area contributed by atoms with Gasteiger partial charge in [-0.15, -0.1) is 0 Å². The van der Waals surface area contributed by atoms with Crippen molar-refractivity contribution >= 4 is 22.6 Å². The van der Waals surface area contributed by atoms with E-state index in [2.05, 4.69) is 30.7 Å². The highest BCUT2D eigenvalue weighted by molar-refractivity contribution is 5.99. The average Bonchev–Trinajstić information content (AvgIpc) is 3.06. The number of anilines is 1. The summed E-state index contributed by atoms with van der Waals surface area (Å²) >= 11 is 0. The third-order valence-electron chi connectivity index (χ3n) is 3.54. The number of fused-ring (bicyclic) bond motifs is 1. The molecule has 23 heavy (non-hydrogen) atoms. The predicted molar refractivity (Wildman–Crippen MR) is 86.0 cm³/mol. The van der Waals surface area contributed by atoms with Crippen LogP contribution in [0.3, 0.4) is 0 Å². The fraction of sp³-hybridized carbons (Fsp3) is 0.267. The van der Waals surface area contributed by atoms with Crippen LogP contribution in [0.2, 0.25) is 0 Å². The second-order valence-electron chi connectivity index (χ2n) is 4.88. The molecule has 118 valence electrons. The summed E-state index contributed by atoms with van der Waals surface area (Å²) < 4.78 is 1.74. The molecule has 1 amide bonds. The van der Waals surface area contributed by atoms with E-state index in [9.17, 15) is 4.79 Å². The van der Waals surface area contributed by atoms with Gasteiger partial charge in [0.1, 0.15) is 24.3 Å². The summed E-state index contributed by atoms with van der Waals surface area (Å²) in [5, 5.41) is 10.8. The minimum atomic E-state index is -0.179. The first-order chi connectivity index (χ1) is 11.2. The monoisotopic (exact) mass is 311 g/mol. The number of benzene rings is 1. The number of nitrogens with one attached hydrogen (secondary N) is 2. The topological polar surface area (TPSA) is 97.6 Å². The Morgan fingerprint density at radius 2 is 2.09 bits per heavy atom. The van der Waals surface area contributed by atoms with Crippen molar-refractivity contribution in [3.8, 4) is 0 Å². The maximum Gasteiger partial charge on any atom is 0.251 e. The van der Waals surface area contributed by atoms with Gasteiger partial charge in [0.15, 0.2) is 0 Å². The van der Waals surface area contributed by atoms with Crippen LogP contribution >= 0.6 is 0 Å². The third-order valence-corrected chi connectivity index (χ3v) is 3.54. The van der Waals surface area contributed by atoms with Gasteiger partial charge in [-0.25, -0.2) is 19.6 Å². The van der Waals surface area contributed by atoms with Crippen LogP contribution in [0.15, 0.2) is 30.9 Å². The molecule has 2 aromatic heterocycles. The van der Waals surface area contributed by atoms with Gasteiger partial charge in [0.05, 0.1) is 12.1 Å². The van der Waals surface area contributed by atoms with Crippen molar-refractivity contribution in [3.05, 3.63) is 42.2 Å². The zero-order valence-electron chi connectivity index (χ0n) is 12.9. The highest BCUT2D eigenvalue weighted by atomic mass is 16.1. The Balaban J connectivity index is 1.78. The summed E-state index contributed by atoms with van der Waals surface area (Å²) in [6, 6.07) is 5.34. The lowest BCUT2D eigenvalue weighted by Crippen LogP contribution is -2.24. The van der Waals surface area contributed by atoms with Gasteiger partial charge in [0, 0.05) is 24.5 Å². The van der Waals surface area contributed by atoms with Crippen LogP contribution in [0.5, 0.6) is 0 Å². The van der Waals surface area contributed by atoms with Crippen LogP contribution in [0, 0.1) is 0 Å². The summed E-state index contributed by atoms with van der Waals surface area (Å²) in [6.45, 7) is 3.02. The number of hydrogen-bond donors (Lipinski definition) is 2. The molecule has 2 heterocycles. The summed E-state index contributed by atoms with van der Waals surface area (Å²) in [5.41, 5.74) is 1.26. The van der Waals surface area contributed by atoms with Crippen LogP contribution in [0.4, 0.5) is 5.82 Å². The van der Waals surface area contributed by atoms with E-state index in [0.717, 1.165) is 17.0 Å². The van der Waals surface area contributed by atoms with Crippen LogP contribution < -0.4 is 10.6 Å². The predicted octanol–water partition coefficient (Wildman–Crippen LogP) is 1.21. The van der Waals surface area contributed by atoms with Gasteiger partial charge in [0.25, 0.3) is 5.91 Å². The molecule has 0 aliphatic rings. The maximum absolute atomic E-state index is 12.3. The molecule has 2 N–H and O–H groups in total. The minimum Gasteiger partial charge on any atom is -0.373 e. The van der Waals surface area contributed by atoms with Gasteiger partial charge in [-0.1, -0.05) is 0 Å². The lowest BCUT2D eigenvalue weighted by Gasteiger charge is -2.08. The van der Waals surface area contributed by atoms with E-state index >= 15 is 0 Å². The Hall–Kier alpha value is -3.03. The fourth-order valence-electron chi connectivity index (χ4n) is 2.35. The molecule has 1 aromatic carbocycles. The van der Waals surface area contributed by atoms with Crippen molar-refractivity contribution in [2.24, 2.45) is 0 Å². The van der Waals surface area contributed by atoms with Crippen LogP contribution in [0.25, 0.3) is 10.9 Å². The smallest absolute Gasteiger partial charge is 0.251 e. The van der Waals surface area contributed by atoms with E-state index in [1.165, 1.54) is 12.7 Å². The van der Waals surface area contributed by atoms with Gasteiger partial charge < -0.3 is 10.6 Å². The first-order valence-electron chi connectivity index (χ1n) is 7.30. The number of aryl methyl sites for hydroxylation is 1. The molecule has 8 heteroatoms. The molecule has 0 spiro atoms. The molecule has 3 aromatic rings. The molecule has 0 atom stereocenters. The van der Waals surface area contributed by atoms with Gasteiger partial charge in [-0.2, -0.15) is 5.10 Å². The number of nitrogens with zero attached hydrogens (tertiary/aromatic N) is 5. The maximum atomic E-state index is 12.3. The highest BCUT2D eigenvalue weighted by Gasteiger charge is 2.10. The Bertz CT molecular complexity index is 843. The zero-order chi connectivity index (χ0) is 16.2. The lowest BCUT2D eigenvalue weighted by molar-refractivity contribution is 0.0949. The quantitative estimate of drug-likeness (QED) is 0.735. The van der Waals surface area contributed by atoms with Crippen molar-refractivity contribution in [2.75, 3.05) is 12.4 Å². The summed E-state index contributed by atoms with van der Waals surface area (Å²) in [7, 11) is 1.80. The summed E-state index contributed by atoms with van der Waals surface area (Å²) in [4.78, 5) is 24.8. The fourth-order valence-corrected chi connectivity index (χ4v) is 2.35. The van der Waals surface area contributed by atoms with Gasteiger partial charge in [0.2, 0.25) is 0 Å². The van der Waals surface area contributed by atoms with Gasteiger partial charge in [-0.3, -0.25) is 4.79 Å². The number of amides is 1. The number of aromatic nitrogens is 5. The minimum absolute atomic E-state index is 0.179. The molecule has 0 fully saturated rings. The molecular formula is C15H17N7O. The SMILES string of the molecule is CCn1ncnc1CNC(=O)c1ccc2c(NC)ncnc2c1. The normalized spacial score (nSPS) is 10.7. The van der Waals surface area contributed by atoms with Crippen molar-refractivity contribution in [1.82, 2.24) is 30.0 Å². The van der Waals surface area contributed by atoms with Crippen molar-refractivity contribution < 1.29 is 4.79 Å². The lowest BCUT2D eigenvalue weighted by atomic mass is 10.1. The van der Waals surface area contributed by atoms with Crippen LogP contribution in [-0.4, -0.2) is 37.7 Å². The van der Waals surface area contributed by atoms with E-state index in [0.29, 0.717) is 24.2 Å². The number of carbonyl (C=O) groups is 1. The first kappa shape index (κ1) is 14.9. The zero-order valence-corrected chi connectivity index (χ0v) is 12.9. The molecule has 0 saturated heterocycles. The first-order valence-corrected chi connectivity index (χ1v) is 7.30. The summed E-state index contributed by atoms with van der Waals surface area (Å²) in [5.74, 6) is 1.28. The van der Waals surface area contributed by atoms with E-state index in [1.54, 1.807) is 23.9 Å². The molecule has 0 radical (unpaired) electrons. The van der Waals surface area contributed by atoms with E-state index in [-0.39, 0.29) is 5.91 Å². The molecule has 8 nitrogen and oxygen atoms in total. The van der Waals surface area contributed by atoms with Gasteiger partial charge >= 0.3 is 0 Å². The molecule has 0 saturated carbocycles. The number of rotatable bonds is 5.